The molecule has 0 unspecified atom stereocenters. The van der Waals surface area contributed by atoms with Crippen molar-refractivity contribution in [2.45, 2.75) is 31.7 Å². The zero-order chi connectivity index (χ0) is 13.2. The molecule has 0 amide bonds. The predicted octanol–water partition coefficient (Wildman–Crippen LogP) is 3.70. The summed E-state index contributed by atoms with van der Waals surface area (Å²) in [6.07, 6.45) is 2.48. The van der Waals surface area contributed by atoms with Crippen molar-refractivity contribution in [2.75, 3.05) is 13.7 Å². The minimum absolute atomic E-state index is 0.630. The Balaban J connectivity index is 1.93. The van der Waals surface area contributed by atoms with Crippen LogP contribution in [0.5, 0.6) is 5.75 Å². The third-order valence-corrected chi connectivity index (χ3v) is 4.17. The first-order valence-electron chi connectivity index (χ1n) is 7.07. The second-order valence-corrected chi connectivity index (χ2v) is 5.55. The quantitative estimate of drug-likeness (QED) is 0.883. The Morgan fingerprint density at radius 1 is 1.11 bits per heavy atom. The van der Waals surface area contributed by atoms with E-state index in [-0.39, 0.29) is 0 Å². The minimum atomic E-state index is 0.630. The SMILES string of the molecule is COc1ccc2cc([C@@H]3CCN[C@@H](C)C3)ccc2c1. The molecule has 100 valence electrons. The van der Waals surface area contributed by atoms with E-state index >= 15 is 0 Å². The fraction of sp³-hybridized carbons (Fsp3) is 0.412. The summed E-state index contributed by atoms with van der Waals surface area (Å²) in [6, 6.07) is 13.8. The van der Waals surface area contributed by atoms with Gasteiger partial charge in [-0.05, 0) is 60.7 Å². The summed E-state index contributed by atoms with van der Waals surface area (Å²) in [4.78, 5) is 0. The van der Waals surface area contributed by atoms with Gasteiger partial charge in [-0.3, -0.25) is 0 Å². The fourth-order valence-electron chi connectivity index (χ4n) is 3.06. The molecule has 1 saturated heterocycles. The maximum atomic E-state index is 5.27. The number of fused-ring (bicyclic) bond motifs is 1. The summed E-state index contributed by atoms with van der Waals surface area (Å²) in [5.41, 5.74) is 1.48. The van der Waals surface area contributed by atoms with E-state index in [4.69, 9.17) is 4.74 Å². The van der Waals surface area contributed by atoms with Crippen molar-refractivity contribution in [3.8, 4) is 5.75 Å². The minimum Gasteiger partial charge on any atom is -0.497 e. The molecule has 2 aromatic carbocycles. The van der Waals surface area contributed by atoms with Crippen molar-refractivity contribution >= 4 is 10.8 Å². The molecule has 0 spiro atoms. The van der Waals surface area contributed by atoms with Crippen LogP contribution in [0, 0.1) is 0 Å². The van der Waals surface area contributed by atoms with Gasteiger partial charge < -0.3 is 10.1 Å². The lowest BCUT2D eigenvalue weighted by Gasteiger charge is -2.28. The largest absolute Gasteiger partial charge is 0.497 e. The van der Waals surface area contributed by atoms with Crippen molar-refractivity contribution in [1.29, 1.82) is 0 Å². The van der Waals surface area contributed by atoms with Crippen molar-refractivity contribution in [3.63, 3.8) is 0 Å². The van der Waals surface area contributed by atoms with Gasteiger partial charge in [0.15, 0.2) is 0 Å². The molecule has 2 heteroatoms. The lowest BCUT2D eigenvalue weighted by Crippen LogP contribution is -2.34. The van der Waals surface area contributed by atoms with Crippen LogP contribution in [-0.4, -0.2) is 19.7 Å². The third-order valence-electron chi connectivity index (χ3n) is 4.17. The summed E-state index contributed by atoms with van der Waals surface area (Å²) in [5.74, 6) is 1.62. The first-order chi connectivity index (χ1) is 9.26. The van der Waals surface area contributed by atoms with Gasteiger partial charge in [0.05, 0.1) is 7.11 Å². The van der Waals surface area contributed by atoms with Gasteiger partial charge in [0.2, 0.25) is 0 Å². The molecule has 0 bridgehead atoms. The van der Waals surface area contributed by atoms with Crippen LogP contribution in [0.1, 0.15) is 31.2 Å². The molecule has 1 aliphatic heterocycles. The highest BCUT2D eigenvalue weighted by atomic mass is 16.5. The number of rotatable bonds is 2. The molecular formula is C17H21NO. The Labute approximate surface area is 114 Å². The summed E-state index contributed by atoms with van der Waals surface area (Å²) in [5, 5.41) is 6.08. The van der Waals surface area contributed by atoms with Gasteiger partial charge in [-0.1, -0.05) is 24.3 Å². The standard InChI is InChI=1S/C17H21NO/c1-12-9-16(7-8-18-12)13-3-4-15-11-17(19-2)6-5-14(15)10-13/h3-6,10-12,16,18H,7-9H2,1-2H3/t12-,16+/m0/s1. The van der Waals surface area contributed by atoms with Crippen LogP contribution >= 0.6 is 0 Å². The van der Waals surface area contributed by atoms with Crippen LogP contribution < -0.4 is 10.1 Å². The molecule has 0 radical (unpaired) electrons. The van der Waals surface area contributed by atoms with Gasteiger partial charge in [0.25, 0.3) is 0 Å². The third kappa shape index (κ3) is 2.59. The van der Waals surface area contributed by atoms with Crippen LogP contribution in [0.3, 0.4) is 0 Å². The first-order valence-corrected chi connectivity index (χ1v) is 7.07. The maximum absolute atomic E-state index is 5.27. The molecule has 1 heterocycles. The topological polar surface area (TPSA) is 21.3 Å². The lowest BCUT2D eigenvalue weighted by molar-refractivity contribution is 0.381. The molecule has 1 N–H and O–H groups in total. The summed E-state index contributed by atoms with van der Waals surface area (Å²) in [7, 11) is 1.71. The fourth-order valence-corrected chi connectivity index (χ4v) is 3.06. The molecule has 0 aliphatic carbocycles. The highest BCUT2D eigenvalue weighted by molar-refractivity contribution is 5.84. The van der Waals surface area contributed by atoms with Crippen molar-refractivity contribution < 1.29 is 4.74 Å². The van der Waals surface area contributed by atoms with Crippen molar-refractivity contribution in [1.82, 2.24) is 5.32 Å². The number of methoxy groups -OCH3 is 1. The van der Waals surface area contributed by atoms with E-state index < -0.39 is 0 Å². The zero-order valence-electron chi connectivity index (χ0n) is 11.6. The number of hydrogen-bond donors (Lipinski definition) is 1. The second-order valence-electron chi connectivity index (χ2n) is 5.55. The molecule has 2 atom stereocenters. The molecule has 2 nitrogen and oxygen atoms in total. The average molecular weight is 255 g/mol. The van der Waals surface area contributed by atoms with E-state index in [9.17, 15) is 0 Å². The number of benzene rings is 2. The monoisotopic (exact) mass is 255 g/mol. The Kier molecular flexibility index (Phi) is 3.43. The summed E-state index contributed by atoms with van der Waals surface area (Å²) >= 11 is 0. The number of nitrogens with one attached hydrogen (secondary N) is 1. The van der Waals surface area contributed by atoms with E-state index in [1.165, 1.54) is 29.2 Å². The number of piperidine rings is 1. The van der Waals surface area contributed by atoms with Gasteiger partial charge in [-0.15, -0.1) is 0 Å². The number of ether oxygens (including phenoxy) is 1. The van der Waals surface area contributed by atoms with Crippen LogP contribution in [0.15, 0.2) is 36.4 Å². The van der Waals surface area contributed by atoms with E-state index in [0.29, 0.717) is 12.0 Å². The molecule has 2 aromatic rings. The molecule has 1 fully saturated rings. The zero-order valence-corrected chi connectivity index (χ0v) is 11.6. The average Bonchev–Trinajstić information content (AvgIpc) is 2.46. The lowest BCUT2D eigenvalue weighted by atomic mass is 9.86. The normalized spacial score (nSPS) is 23.5. The Morgan fingerprint density at radius 3 is 2.68 bits per heavy atom. The van der Waals surface area contributed by atoms with Crippen LogP contribution in [-0.2, 0) is 0 Å². The van der Waals surface area contributed by atoms with Crippen molar-refractivity contribution in [3.05, 3.63) is 42.0 Å². The maximum Gasteiger partial charge on any atom is 0.119 e. The van der Waals surface area contributed by atoms with Gasteiger partial charge in [0.1, 0.15) is 5.75 Å². The molecule has 0 saturated carbocycles. The van der Waals surface area contributed by atoms with Crippen LogP contribution in [0.2, 0.25) is 0 Å². The van der Waals surface area contributed by atoms with E-state index in [1.807, 2.05) is 6.07 Å². The van der Waals surface area contributed by atoms with Crippen LogP contribution in [0.25, 0.3) is 10.8 Å². The smallest absolute Gasteiger partial charge is 0.119 e. The molecule has 3 rings (SSSR count). The molecule has 0 aromatic heterocycles. The summed E-state index contributed by atoms with van der Waals surface area (Å²) < 4.78 is 5.27. The molecule has 19 heavy (non-hydrogen) atoms. The second kappa shape index (κ2) is 5.22. The number of hydrogen-bond acceptors (Lipinski definition) is 2. The van der Waals surface area contributed by atoms with E-state index in [1.54, 1.807) is 7.11 Å². The van der Waals surface area contributed by atoms with Crippen molar-refractivity contribution in [2.24, 2.45) is 0 Å². The van der Waals surface area contributed by atoms with Gasteiger partial charge >= 0.3 is 0 Å². The Hall–Kier alpha value is -1.54. The van der Waals surface area contributed by atoms with Gasteiger partial charge in [0, 0.05) is 6.04 Å². The van der Waals surface area contributed by atoms with Gasteiger partial charge in [-0.25, -0.2) is 0 Å². The van der Waals surface area contributed by atoms with Gasteiger partial charge in [-0.2, -0.15) is 0 Å². The Morgan fingerprint density at radius 2 is 1.89 bits per heavy atom. The van der Waals surface area contributed by atoms with E-state index in [2.05, 4.69) is 42.6 Å². The molecule has 1 aliphatic rings. The summed E-state index contributed by atoms with van der Waals surface area (Å²) in [6.45, 7) is 3.41. The van der Waals surface area contributed by atoms with Crippen LogP contribution in [0.4, 0.5) is 0 Å². The first kappa shape index (κ1) is 12.5. The predicted molar refractivity (Wildman–Crippen MR) is 79.9 cm³/mol. The highest BCUT2D eigenvalue weighted by Gasteiger charge is 2.19. The molecular weight excluding hydrogens is 234 g/mol. The van der Waals surface area contributed by atoms with E-state index in [0.717, 1.165) is 12.3 Å². The highest BCUT2D eigenvalue weighted by Crippen LogP contribution is 2.30. The Bertz CT molecular complexity index is 578.